The fraction of sp³-hybridized carbons (Fsp3) is 0.192. The van der Waals surface area contributed by atoms with Gasteiger partial charge >= 0.3 is 6.18 Å². The van der Waals surface area contributed by atoms with Gasteiger partial charge in [0.15, 0.2) is 0 Å². The molecule has 0 unspecified atom stereocenters. The SMILES string of the molecule is FC(F)(F)c1ccc(Cc2ccccc2-c2cnc(CCOCc3ccccc3)[nH]2)cc1. The van der Waals surface area contributed by atoms with Gasteiger partial charge in [-0.25, -0.2) is 4.98 Å². The maximum absolute atomic E-state index is 12.8. The summed E-state index contributed by atoms with van der Waals surface area (Å²) in [5.41, 5.74) is 4.19. The summed E-state index contributed by atoms with van der Waals surface area (Å²) < 4.78 is 44.2. The van der Waals surface area contributed by atoms with Gasteiger partial charge < -0.3 is 9.72 Å². The summed E-state index contributed by atoms with van der Waals surface area (Å²) >= 11 is 0. The van der Waals surface area contributed by atoms with Crippen molar-refractivity contribution in [1.82, 2.24) is 9.97 Å². The van der Waals surface area contributed by atoms with Crippen molar-refractivity contribution in [3.05, 3.63) is 113 Å². The molecule has 32 heavy (non-hydrogen) atoms. The third-order valence-electron chi connectivity index (χ3n) is 5.21. The Morgan fingerprint density at radius 3 is 2.28 bits per heavy atom. The molecule has 1 aromatic heterocycles. The van der Waals surface area contributed by atoms with Crippen LogP contribution >= 0.6 is 0 Å². The van der Waals surface area contributed by atoms with E-state index < -0.39 is 11.7 Å². The summed E-state index contributed by atoms with van der Waals surface area (Å²) in [7, 11) is 0. The number of nitrogens with zero attached hydrogens (tertiary/aromatic N) is 1. The second-order valence-electron chi connectivity index (χ2n) is 7.56. The van der Waals surface area contributed by atoms with Crippen LogP contribution in [-0.4, -0.2) is 16.6 Å². The number of hydrogen-bond donors (Lipinski definition) is 1. The zero-order valence-corrected chi connectivity index (χ0v) is 17.4. The van der Waals surface area contributed by atoms with Crippen LogP contribution in [0.25, 0.3) is 11.3 Å². The fourth-order valence-corrected chi connectivity index (χ4v) is 3.53. The van der Waals surface area contributed by atoms with Crippen molar-refractivity contribution < 1.29 is 17.9 Å². The van der Waals surface area contributed by atoms with Crippen LogP contribution in [0, 0.1) is 0 Å². The first-order chi connectivity index (χ1) is 15.5. The molecule has 3 aromatic carbocycles. The zero-order chi connectivity index (χ0) is 22.4. The normalized spacial score (nSPS) is 11.6. The molecule has 3 nitrogen and oxygen atoms in total. The predicted octanol–water partition coefficient (Wildman–Crippen LogP) is 6.45. The molecular weight excluding hydrogens is 413 g/mol. The Morgan fingerprint density at radius 1 is 0.812 bits per heavy atom. The lowest BCUT2D eigenvalue weighted by Crippen LogP contribution is -2.04. The molecule has 0 saturated carbocycles. The van der Waals surface area contributed by atoms with Gasteiger partial charge in [0.05, 0.1) is 30.7 Å². The van der Waals surface area contributed by atoms with Crippen molar-refractivity contribution in [3.8, 4) is 11.3 Å². The average molecular weight is 436 g/mol. The summed E-state index contributed by atoms with van der Waals surface area (Å²) in [5, 5.41) is 0. The first kappa shape index (κ1) is 21.8. The van der Waals surface area contributed by atoms with Crippen LogP contribution in [0.2, 0.25) is 0 Å². The van der Waals surface area contributed by atoms with Gasteiger partial charge in [-0.2, -0.15) is 13.2 Å². The third kappa shape index (κ3) is 5.65. The standard InChI is InChI=1S/C26H23F3N2O/c27-26(28,29)22-12-10-19(11-13-22)16-21-8-4-5-9-23(21)24-17-30-25(31-24)14-15-32-18-20-6-2-1-3-7-20/h1-13,17H,14-16,18H2,(H,30,31). The molecule has 0 atom stereocenters. The number of halogens is 3. The molecular formula is C26H23F3N2O. The molecule has 6 heteroatoms. The van der Waals surface area contributed by atoms with Gasteiger partial charge in [0.2, 0.25) is 0 Å². The summed E-state index contributed by atoms with van der Waals surface area (Å²) in [5.74, 6) is 0.831. The molecule has 0 aliphatic rings. The van der Waals surface area contributed by atoms with Crippen molar-refractivity contribution in [2.24, 2.45) is 0 Å². The van der Waals surface area contributed by atoms with Gasteiger partial charge in [0.25, 0.3) is 0 Å². The van der Waals surface area contributed by atoms with E-state index in [1.54, 1.807) is 6.20 Å². The van der Waals surface area contributed by atoms with Gasteiger partial charge in [-0.3, -0.25) is 0 Å². The Bertz CT molecular complexity index is 1140. The highest BCUT2D eigenvalue weighted by molar-refractivity contribution is 5.64. The van der Waals surface area contributed by atoms with E-state index in [-0.39, 0.29) is 0 Å². The van der Waals surface area contributed by atoms with E-state index in [4.69, 9.17) is 4.74 Å². The van der Waals surface area contributed by atoms with Crippen molar-refractivity contribution in [3.63, 3.8) is 0 Å². The summed E-state index contributed by atoms with van der Waals surface area (Å²) in [4.78, 5) is 7.81. The van der Waals surface area contributed by atoms with Crippen LogP contribution in [0.4, 0.5) is 13.2 Å². The molecule has 1 heterocycles. The number of aromatic amines is 1. The monoisotopic (exact) mass is 436 g/mol. The Hall–Kier alpha value is -3.38. The molecule has 0 spiro atoms. The van der Waals surface area contributed by atoms with Crippen molar-refractivity contribution in [1.29, 1.82) is 0 Å². The third-order valence-corrected chi connectivity index (χ3v) is 5.21. The van der Waals surface area contributed by atoms with Crippen LogP contribution in [0.5, 0.6) is 0 Å². The molecule has 0 fully saturated rings. The Labute approximate surface area is 184 Å². The number of ether oxygens (including phenoxy) is 1. The van der Waals surface area contributed by atoms with Crippen LogP contribution in [0.1, 0.15) is 28.1 Å². The molecule has 0 amide bonds. The number of hydrogen-bond acceptors (Lipinski definition) is 2. The zero-order valence-electron chi connectivity index (χ0n) is 17.4. The number of imidazole rings is 1. The van der Waals surface area contributed by atoms with Crippen LogP contribution < -0.4 is 0 Å². The van der Waals surface area contributed by atoms with E-state index in [0.717, 1.165) is 45.9 Å². The Kier molecular flexibility index (Phi) is 6.71. The lowest BCUT2D eigenvalue weighted by molar-refractivity contribution is -0.137. The van der Waals surface area contributed by atoms with Crippen LogP contribution in [0.3, 0.4) is 0 Å². The number of nitrogens with one attached hydrogen (secondary N) is 1. The minimum atomic E-state index is -4.33. The number of alkyl halides is 3. The predicted molar refractivity (Wildman–Crippen MR) is 118 cm³/mol. The average Bonchev–Trinajstić information content (AvgIpc) is 3.26. The summed E-state index contributed by atoms with van der Waals surface area (Å²) in [6, 6.07) is 23.2. The highest BCUT2D eigenvalue weighted by atomic mass is 19.4. The molecule has 0 saturated heterocycles. The molecule has 0 aliphatic heterocycles. The molecule has 0 radical (unpaired) electrons. The van der Waals surface area contributed by atoms with E-state index in [9.17, 15) is 13.2 Å². The van der Waals surface area contributed by atoms with Crippen molar-refractivity contribution >= 4 is 0 Å². The Balaban J connectivity index is 1.40. The van der Waals surface area contributed by atoms with Crippen LogP contribution in [-0.2, 0) is 30.4 Å². The lowest BCUT2D eigenvalue weighted by atomic mass is 9.97. The maximum atomic E-state index is 12.8. The highest BCUT2D eigenvalue weighted by Gasteiger charge is 2.29. The molecule has 4 aromatic rings. The van der Waals surface area contributed by atoms with Crippen LogP contribution in [0.15, 0.2) is 85.1 Å². The maximum Gasteiger partial charge on any atom is 0.416 e. The molecule has 164 valence electrons. The molecule has 4 rings (SSSR count). The van der Waals surface area contributed by atoms with Gasteiger partial charge in [-0.1, -0.05) is 66.7 Å². The van der Waals surface area contributed by atoms with E-state index in [0.29, 0.717) is 26.1 Å². The number of benzene rings is 3. The molecule has 0 aliphatic carbocycles. The highest BCUT2D eigenvalue weighted by Crippen LogP contribution is 2.30. The fourth-order valence-electron chi connectivity index (χ4n) is 3.53. The van der Waals surface area contributed by atoms with Gasteiger partial charge in [-0.05, 0) is 35.2 Å². The number of rotatable bonds is 8. The second-order valence-corrected chi connectivity index (χ2v) is 7.56. The summed E-state index contributed by atoms with van der Waals surface area (Å²) in [6.45, 7) is 1.11. The second kappa shape index (κ2) is 9.83. The van der Waals surface area contributed by atoms with Crippen molar-refractivity contribution in [2.45, 2.75) is 25.6 Å². The van der Waals surface area contributed by atoms with Crippen molar-refractivity contribution in [2.75, 3.05) is 6.61 Å². The first-order valence-corrected chi connectivity index (χ1v) is 10.4. The van der Waals surface area contributed by atoms with E-state index >= 15 is 0 Å². The topological polar surface area (TPSA) is 37.9 Å². The minimum absolute atomic E-state index is 0.531. The minimum Gasteiger partial charge on any atom is -0.376 e. The largest absolute Gasteiger partial charge is 0.416 e. The number of aromatic nitrogens is 2. The molecule has 1 N–H and O–H groups in total. The summed E-state index contributed by atoms with van der Waals surface area (Å²) in [6.07, 6.45) is -1.34. The van der Waals surface area contributed by atoms with E-state index in [2.05, 4.69) is 9.97 Å². The van der Waals surface area contributed by atoms with Gasteiger partial charge in [0, 0.05) is 12.0 Å². The van der Waals surface area contributed by atoms with Gasteiger partial charge in [-0.15, -0.1) is 0 Å². The molecule has 0 bridgehead atoms. The van der Waals surface area contributed by atoms with E-state index in [1.165, 1.54) is 12.1 Å². The first-order valence-electron chi connectivity index (χ1n) is 10.4. The lowest BCUT2D eigenvalue weighted by Gasteiger charge is -2.10. The van der Waals surface area contributed by atoms with E-state index in [1.807, 2.05) is 54.6 Å². The number of H-pyrrole nitrogens is 1. The quantitative estimate of drug-likeness (QED) is 0.323. The van der Waals surface area contributed by atoms with Gasteiger partial charge in [0.1, 0.15) is 5.82 Å². The Morgan fingerprint density at radius 2 is 1.53 bits per heavy atom. The smallest absolute Gasteiger partial charge is 0.376 e.